The third kappa shape index (κ3) is 4.80. The van der Waals surface area contributed by atoms with Crippen molar-refractivity contribution in [2.75, 3.05) is 13.1 Å². The lowest BCUT2D eigenvalue weighted by Gasteiger charge is -2.44. The van der Waals surface area contributed by atoms with Crippen molar-refractivity contribution in [2.24, 2.45) is 5.41 Å². The molecule has 26 heavy (non-hydrogen) atoms. The Kier molecular flexibility index (Phi) is 5.89. The van der Waals surface area contributed by atoms with Gasteiger partial charge in [-0.1, -0.05) is 51.1 Å². The summed E-state index contributed by atoms with van der Waals surface area (Å²) >= 11 is 0. The standard InChI is InChI=1S/C21H30N4O/c1-4-17-12-20(26)24-19(23-17)13-22-18-10-11-25(15-21(18,2)3)14-16-8-6-5-7-9-16/h5-9,12,18,22H,4,10-11,13-15H2,1-3H3,(H,23,24,26). The number of aromatic nitrogens is 2. The summed E-state index contributed by atoms with van der Waals surface area (Å²) in [4.78, 5) is 21.6. The van der Waals surface area contributed by atoms with Crippen molar-refractivity contribution in [3.8, 4) is 0 Å². The smallest absolute Gasteiger partial charge is 0.251 e. The van der Waals surface area contributed by atoms with E-state index in [1.54, 1.807) is 6.07 Å². The molecule has 5 heteroatoms. The largest absolute Gasteiger partial charge is 0.309 e. The molecular formula is C21H30N4O. The Labute approximate surface area is 155 Å². The average Bonchev–Trinajstić information content (AvgIpc) is 2.60. The van der Waals surface area contributed by atoms with Crippen LogP contribution in [0.15, 0.2) is 41.2 Å². The van der Waals surface area contributed by atoms with E-state index in [-0.39, 0.29) is 11.0 Å². The van der Waals surface area contributed by atoms with Gasteiger partial charge < -0.3 is 10.3 Å². The minimum absolute atomic E-state index is 0.0643. The summed E-state index contributed by atoms with van der Waals surface area (Å²) in [5.74, 6) is 0.733. The van der Waals surface area contributed by atoms with Crippen LogP contribution in [-0.4, -0.2) is 34.0 Å². The predicted octanol–water partition coefficient (Wildman–Crippen LogP) is 2.72. The maximum atomic E-state index is 11.7. The van der Waals surface area contributed by atoms with E-state index in [1.165, 1.54) is 5.56 Å². The molecule has 1 aliphatic heterocycles. The van der Waals surface area contributed by atoms with Crippen LogP contribution >= 0.6 is 0 Å². The Balaban J connectivity index is 1.58. The molecule has 0 saturated carbocycles. The minimum atomic E-state index is -0.0643. The van der Waals surface area contributed by atoms with Crippen LogP contribution in [0.4, 0.5) is 0 Å². The molecule has 3 rings (SSSR count). The van der Waals surface area contributed by atoms with E-state index in [0.29, 0.717) is 12.6 Å². The lowest BCUT2D eigenvalue weighted by atomic mass is 9.79. The van der Waals surface area contributed by atoms with Crippen LogP contribution in [0, 0.1) is 5.41 Å². The Morgan fingerprint density at radius 3 is 2.77 bits per heavy atom. The molecule has 1 fully saturated rings. The maximum absolute atomic E-state index is 11.7. The van der Waals surface area contributed by atoms with Crippen LogP contribution in [-0.2, 0) is 19.5 Å². The number of aryl methyl sites for hydroxylation is 1. The van der Waals surface area contributed by atoms with Gasteiger partial charge in [0.15, 0.2) is 0 Å². The number of nitrogens with one attached hydrogen (secondary N) is 2. The van der Waals surface area contributed by atoms with Crippen molar-refractivity contribution in [3.63, 3.8) is 0 Å². The fourth-order valence-electron chi connectivity index (χ4n) is 3.87. The van der Waals surface area contributed by atoms with Crippen LogP contribution in [0.2, 0.25) is 0 Å². The third-order valence-electron chi connectivity index (χ3n) is 5.28. The van der Waals surface area contributed by atoms with Crippen molar-refractivity contribution in [3.05, 3.63) is 63.8 Å². The number of likely N-dealkylation sites (tertiary alicyclic amines) is 1. The summed E-state index contributed by atoms with van der Waals surface area (Å²) in [5, 5.41) is 3.63. The minimum Gasteiger partial charge on any atom is -0.309 e. The predicted molar refractivity (Wildman–Crippen MR) is 105 cm³/mol. The Morgan fingerprint density at radius 1 is 1.31 bits per heavy atom. The van der Waals surface area contributed by atoms with Gasteiger partial charge in [0.2, 0.25) is 0 Å². The number of nitrogens with zero attached hydrogens (tertiary/aromatic N) is 2. The lowest BCUT2D eigenvalue weighted by molar-refractivity contribution is 0.0716. The van der Waals surface area contributed by atoms with Crippen molar-refractivity contribution in [1.29, 1.82) is 0 Å². The second kappa shape index (κ2) is 8.14. The molecule has 1 atom stereocenters. The lowest BCUT2D eigenvalue weighted by Crippen LogP contribution is -2.54. The first-order chi connectivity index (χ1) is 12.5. The van der Waals surface area contributed by atoms with Gasteiger partial charge in [-0.15, -0.1) is 0 Å². The highest BCUT2D eigenvalue weighted by Gasteiger charge is 2.35. The van der Waals surface area contributed by atoms with Crippen LogP contribution in [0.5, 0.6) is 0 Å². The topological polar surface area (TPSA) is 61.0 Å². The Hall–Kier alpha value is -1.98. The molecule has 0 radical (unpaired) electrons. The fourth-order valence-corrected chi connectivity index (χ4v) is 3.87. The van der Waals surface area contributed by atoms with E-state index in [4.69, 9.17) is 0 Å². The highest BCUT2D eigenvalue weighted by atomic mass is 16.1. The van der Waals surface area contributed by atoms with Crippen LogP contribution < -0.4 is 10.9 Å². The third-order valence-corrected chi connectivity index (χ3v) is 5.28. The zero-order chi connectivity index (χ0) is 18.6. The number of H-pyrrole nitrogens is 1. The highest BCUT2D eigenvalue weighted by Crippen LogP contribution is 2.30. The number of hydrogen-bond donors (Lipinski definition) is 2. The number of aromatic amines is 1. The van der Waals surface area contributed by atoms with E-state index >= 15 is 0 Å². The van der Waals surface area contributed by atoms with E-state index in [9.17, 15) is 4.79 Å². The van der Waals surface area contributed by atoms with Crippen molar-refractivity contribution in [2.45, 2.75) is 52.7 Å². The van der Waals surface area contributed by atoms with E-state index < -0.39 is 0 Å². The molecule has 1 aliphatic rings. The van der Waals surface area contributed by atoms with Gasteiger partial charge in [0.25, 0.3) is 5.56 Å². The molecule has 1 saturated heterocycles. The number of piperidine rings is 1. The zero-order valence-corrected chi connectivity index (χ0v) is 16.1. The van der Waals surface area contributed by atoms with Gasteiger partial charge in [-0.3, -0.25) is 9.69 Å². The van der Waals surface area contributed by atoms with Gasteiger partial charge >= 0.3 is 0 Å². The molecule has 140 valence electrons. The van der Waals surface area contributed by atoms with Crippen LogP contribution in [0.3, 0.4) is 0 Å². The summed E-state index contributed by atoms with van der Waals surface area (Å²) in [7, 11) is 0. The van der Waals surface area contributed by atoms with Crippen molar-refractivity contribution in [1.82, 2.24) is 20.2 Å². The normalized spacial score (nSPS) is 20.2. The number of rotatable bonds is 6. The molecule has 5 nitrogen and oxygen atoms in total. The van der Waals surface area contributed by atoms with Crippen LogP contribution in [0.25, 0.3) is 0 Å². The first-order valence-electron chi connectivity index (χ1n) is 9.55. The average molecular weight is 354 g/mol. The summed E-state index contributed by atoms with van der Waals surface area (Å²) in [6, 6.07) is 12.6. The summed E-state index contributed by atoms with van der Waals surface area (Å²) < 4.78 is 0. The van der Waals surface area contributed by atoms with Crippen molar-refractivity contribution >= 4 is 0 Å². The second-order valence-electron chi connectivity index (χ2n) is 7.94. The van der Waals surface area contributed by atoms with Gasteiger partial charge in [-0.2, -0.15) is 0 Å². The van der Waals surface area contributed by atoms with Gasteiger partial charge in [0, 0.05) is 37.4 Å². The molecule has 0 spiro atoms. The summed E-state index contributed by atoms with van der Waals surface area (Å²) in [6.07, 6.45) is 1.87. The molecule has 1 unspecified atom stereocenters. The molecule has 1 aromatic carbocycles. The van der Waals surface area contributed by atoms with Gasteiger partial charge in [0.05, 0.1) is 6.54 Å². The summed E-state index contributed by atoms with van der Waals surface area (Å²) in [6.45, 7) is 10.4. The first-order valence-corrected chi connectivity index (χ1v) is 9.55. The van der Waals surface area contributed by atoms with Gasteiger partial charge in [-0.25, -0.2) is 4.98 Å². The number of hydrogen-bond acceptors (Lipinski definition) is 4. The molecule has 0 aliphatic carbocycles. The number of benzene rings is 1. The highest BCUT2D eigenvalue weighted by molar-refractivity contribution is 5.14. The quantitative estimate of drug-likeness (QED) is 0.837. The van der Waals surface area contributed by atoms with Gasteiger partial charge in [0.1, 0.15) is 5.82 Å². The molecule has 1 aromatic heterocycles. The molecule has 2 N–H and O–H groups in total. The molecule has 2 heterocycles. The maximum Gasteiger partial charge on any atom is 0.251 e. The zero-order valence-electron chi connectivity index (χ0n) is 16.1. The second-order valence-corrected chi connectivity index (χ2v) is 7.94. The molecule has 2 aromatic rings. The Bertz CT molecular complexity index is 769. The van der Waals surface area contributed by atoms with E-state index in [0.717, 1.165) is 44.0 Å². The fraction of sp³-hybridized carbons (Fsp3) is 0.524. The first kappa shape index (κ1) is 18.8. The Morgan fingerprint density at radius 2 is 2.08 bits per heavy atom. The molecular weight excluding hydrogens is 324 g/mol. The SMILES string of the molecule is CCc1cc(=O)[nH]c(CNC2CCN(Cc3ccccc3)CC2(C)C)n1. The van der Waals surface area contributed by atoms with E-state index in [1.807, 2.05) is 6.92 Å². The monoisotopic (exact) mass is 354 g/mol. The van der Waals surface area contributed by atoms with Crippen LogP contribution in [0.1, 0.15) is 44.3 Å². The summed E-state index contributed by atoms with van der Waals surface area (Å²) in [5.41, 5.74) is 2.32. The van der Waals surface area contributed by atoms with E-state index in [2.05, 4.69) is 64.4 Å². The van der Waals surface area contributed by atoms with Gasteiger partial charge in [-0.05, 0) is 23.8 Å². The molecule has 0 amide bonds. The van der Waals surface area contributed by atoms with Crippen molar-refractivity contribution < 1.29 is 0 Å². The molecule has 0 bridgehead atoms.